The Kier molecular flexibility index (Phi) is 5.85. The zero-order valence-corrected chi connectivity index (χ0v) is 11.7. The van der Waals surface area contributed by atoms with E-state index in [1.807, 2.05) is 13.8 Å². The van der Waals surface area contributed by atoms with Crippen LogP contribution in [0.2, 0.25) is 0 Å². The molecule has 0 aliphatic carbocycles. The van der Waals surface area contributed by atoms with Gasteiger partial charge in [0.2, 0.25) is 0 Å². The Balaban J connectivity index is 2.91. The minimum absolute atomic E-state index is 0.0776. The van der Waals surface area contributed by atoms with Crippen LogP contribution >= 0.6 is 0 Å². The molecular formula is C13H23N3O2. The second kappa shape index (κ2) is 7.16. The molecular weight excluding hydrogens is 230 g/mol. The van der Waals surface area contributed by atoms with Gasteiger partial charge in [0.05, 0.1) is 13.3 Å². The molecule has 102 valence electrons. The number of rotatable bonds is 8. The van der Waals surface area contributed by atoms with E-state index in [0.29, 0.717) is 18.0 Å². The number of ether oxygens (including phenoxy) is 1. The lowest BCUT2D eigenvalue weighted by Gasteiger charge is -2.13. The van der Waals surface area contributed by atoms with E-state index in [0.717, 1.165) is 19.5 Å². The van der Waals surface area contributed by atoms with Gasteiger partial charge in [-0.05, 0) is 13.0 Å². The minimum Gasteiger partial charge on any atom is -0.493 e. The maximum absolute atomic E-state index is 12.4. The van der Waals surface area contributed by atoms with Gasteiger partial charge in [-0.25, -0.2) is 0 Å². The van der Waals surface area contributed by atoms with Crippen molar-refractivity contribution < 1.29 is 9.53 Å². The molecule has 0 aromatic carbocycles. The number of nitrogens with one attached hydrogen (secondary N) is 1. The van der Waals surface area contributed by atoms with Crippen LogP contribution in [0.15, 0.2) is 6.20 Å². The van der Waals surface area contributed by atoms with Crippen LogP contribution in [-0.2, 0) is 6.54 Å². The molecule has 5 heteroatoms. The Morgan fingerprint density at radius 2 is 2.28 bits per heavy atom. The van der Waals surface area contributed by atoms with Crippen LogP contribution < -0.4 is 10.1 Å². The smallest absolute Gasteiger partial charge is 0.188 e. The summed E-state index contributed by atoms with van der Waals surface area (Å²) < 4.78 is 6.96. The lowest BCUT2D eigenvalue weighted by Crippen LogP contribution is -2.28. The monoisotopic (exact) mass is 253 g/mol. The quantitative estimate of drug-likeness (QED) is 0.717. The fourth-order valence-electron chi connectivity index (χ4n) is 1.83. The molecule has 0 aliphatic rings. The van der Waals surface area contributed by atoms with Gasteiger partial charge in [0.25, 0.3) is 0 Å². The molecule has 1 aromatic rings. The van der Waals surface area contributed by atoms with Gasteiger partial charge in [-0.3, -0.25) is 9.48 Å². The molecule has 18 heavy (non-hydrogen) atoms. The molecule has 5 nitrogen and oxygen atoms in total. The average molecular weight is 253 g/mol. The number of hydrogen-bond donors (Lipinski definition) is 1. The van der Waals surface area contributed by atoms with E-state index in [1.54, 1.807) is 18.0 Å². The highest BCUT2D eigenvalue weighted by Crippen LogP contribution is 2.21. The molecule has 1 aromatic heterocycles. The first kappa shape index (κ1) is 14.7. The lowest BCUT2D eigenvalue weighted by molar-refractivity contribution is 0.0915. The van der Waals surface area contributed by atoms with Crippen molar-refractivity contribution in [2.75, 3.05) is 20.2 Å². The number of hydrogen-bond acceptors (Lipinski definition) is 4. The molecule has 1 N–H and O–H groups in total. The molecule has 1 atom stereocenters. The van der Waals surface area contributed by atoms with Crippen molar-refractivity contribution in [2.24, 2.45) is 5.92 Å². The largest absolute Gasteiger partial charge is 0.493 e. The van der Waals surface area contributed by atoms with E-state index in [2.05, 4.69) is 17.3 Å². The molecule has 0 spiro atoms. The van der Waals surface area contributed by atoms with Gasteiger partial charge >= 0.3 is 0 Å². The van der Waals surface area contributed by atoms with Crippen molar-refractivity contribution in [2.45, 2.75) is 33.7 Å². The van der Waals surface area contributed by atoms with Crippen molar-refractivity contribution in [1.29, 1.82) is 0 Å². The Morgan fingerprint density at radius 1 is 1.56 bits per heavy atom. The van der Waals surface area contributed by atoms with Gasteiger partial charge in [-0.1, -0.05) is 20.8 Å². The van der Waals surface area contributed by atoms with Gasteiger partial charge in [-0.2, -0.15) is 5.10 Å². The summed E-state index contributed by atoms with van der Waals surface area (Å²) in [6, 6.07) is 0. The summed E-state index contributed by atoms with van der Waals surface area (Å²) in [5.41, 5.74) is 0.588. The van der Waals surface area contributed by atoms with Gasteiger partial charge in [0.1, 0.15) is 5.69 Å². The zero-order chi connectivity index (χ0) is 13.5. The summed E-state index contributed by atoms with van der Waals surface area (Å²) in [4.78, 5) is 12.4. The third kappa shape index (κ3) is 3.32. The van der Waals surface area contributed by atoms with Crippen LogP contribution in [0.3, 0.4) is 0 Å². The van der Waals surface area contributed by atoms with Gasteiger partial charge in [-0.15, -0.1) is 0 Å². The minimum atomic E-state index is -0.0776. The fourth-order valence-corrected chi connectivity index (χ4v) is 1.83. The molecule has 1 heterocycles. The van der Waals surface area contributed by atoms with Crippen molar-refractivity contribution in [3.05, 3.63) is 11.9 Å². The Hall–Kier alpha value is -1.36. The molecule has 0 fully saturated rings. The summed E-state index contributed by atoms with van der Waals surface area (Å²) in [5, 5.41) is 7.40. The topological polar surface area (TPSA) is 56.2 Å². The molecule has 1 rings (SSSR count). The summed E-state index contributed by atoms with van der Waals surface area (Å²) in [6.07, 6.45) is 2.55. The number of aromatic nitrogens is 2. The number of methoxy groups -OCH3 is 1. The Morgan fingerprint density at radius 3 is 2.83 bits per heavy atom. The van der Waals surface area contributed by atoms with Crippen molar-refractivity contribution in [3.8, 4) is 5.75 Å². The van der Waals surface area contributed by atoms with Crippen LogP contribution in [0.5, 0.6) is 5.75 Å². The summed E-state index contributed by atoms with van der Waals surface area (Å²) in [7, 11) is 1.57. The summed E-state index contributed by atoms with van der Waals surface area (Å²) in [6.45, 7) is 8.29. The van der Waals surface area contributed by atoms with Gasteiger partial charge in [0, 0.05) is 19.0 Å². The molecule has 0 amide bonds. The van der Waals surface area contributed by atoms with Crippen LogP contribution in [0.4, 0.5) is 0 Å². The van der Waals surface area contributed by atoms with E-state index < -0.39 is 0 Å². The number of carbonyl (C=O) groups excluding carboxylic acids is 1. The van der Waals surface area contributed by atoms with E-state index in [1.165, 1.54) is 0 Å². The van der Waals surface area contributed by atoms with Crippen LogP contribution in [-0.4, -0.2) is 35.8 Å². The van der Waals surface area contributed by atoms with Crippen molar-refractivity contribution >= 4 is 5.78 Å². The summed E-state index contributed by atoms with van der Waals surface area (Å²) >= 11 is 0. The maximum Gasteiger partial charge on any atom is 0.188 e. The second-order valence-corrected chi connectivity index (χ2v) is 4.36. The Bertz CT molecular complexity index is 388. The first-order valence-corrected chi connectivity index (χ1v) is 6.50. The predicted octanol–water partition coefficient (Wildman–Crippen LogP) is 1.73. The molecule has 1 unspecified atom stereocenters. The zero-order valence-electron chi connectivity index (χ0n) is 11.7. The first-order chi connectivity index (χ1) is 8.65. The highest BCUT2D eigenvalue weighted by atomic mass is 16.5. The van der Waals surface area contributed by atoms with Crippen LogP contribution in [0.1, 0.15) is 37.7 Å². The SMILES string of the molecule is CCCn1ncc(OC)c1C(=O)C(C)CNCC. The highest BCUT2D eigenvalue weighted by Gasteiger charge is 2.23. The number of carbonyl (C=O) groups is 1. The number of ketones is 1. The van der Waals surface area contributed by atoms with Crippen LogP contribution in [0.25, 0.3) is 0 Å². The standard InChI is InChI=1S/C13H23N3O2/c1-5-7-16-12(11(18-4)9-15-16)13(17)10(3)8-14-6-2/h9-10,14H,5-8H2,1-4H3. The lowest BCUT2D eigenvalue weighted by atomic mass is 10.0. The normalized spacial score (nSPS) is 12.4. The molecule has 0 saturated heterocycles. The second-order valence-electron chi connectivity index (χ2n) is 4.36. The van der Waals surface area contributed by atoms with Gasteiger partial charge < -0.3 is 10.1 Å². The van der Waals surface area contributed by atoms with Crippen molar-refractivity contribution in [3.63, 3.8) is 0 Å². The number of nitrogens with zero attached hydrogens (tertiary/aromatic N) is 2. The third-order valence-corrected chi connectivity index (χ3v) is 2.84. The predicted molar refractivity (Wildman–Crippen MR) is 71.1 cm³/mol. The highest BCUT2D eigenvalue weighted by molar-refractivity contribution is 5.98. The van der Waals surface area contributed by atoms with E-state index in [4.69, 9.17) is 4.74 Å². The summed E-state index contributed by atoms with van der Waals surface area (Å²) in [5.74, 6) is 0.571. The van der Waals surface area contributed by atoms with Crippen LogP contribution in [0, 0.1) is 5.92 Å². The first-order valence-electron chi connectivity index (χ1n) is 6.50. The van der Waals surface area contributed by atoms with Gasteiger partial charge in [0.15, 0.2) is 11.5 Å². The molecule has 0 aliphatic heterocycles. The molecule has 0 bridgehead atoms. The number of Topliss-reactive ketones (excluding diaryl/α,β-unsaturated/α-hetero) is 1. The number of aryl methyl sites for hydroxylation is 1. The van der Waals surface area contributed by atoms with E-state index >= 15 is 0 Å². The van der Waals surface area contributed by atoms with Crippen molar-refractivity contribution in [1.82, 2.24) is 15.1 Å². The molecule has 0 radical (unpaired) electrons. The fraction of sp³-hybridized carbons (Fsp3) is 0.692. The Labute approximate surface area is 109 Å². The average Bonchev–Trinajstić information content (AvgIpc) is 2.78. The molecule has 0 saturated carbocycles. The van der Waals surface area contributed by atoms with E-state index in [-0.39, 0.29) is 11.7 Å². The maximum atomic E-state index is 12.4. The third-order valence-electron chi connectivity index (χ3n) is 2.84. The van der Waals surface area contributed by atoms with E-state index in [9.17, 15) is 4.79 Å².